The van der Waals surface area contributed by atoms with E-state index in [1.165, 1.54) is 11.3 Å². The number of hydrogen-bond donors (Lipinski definition) is 0. The lowest BCUT2D eigenvalue weighted by molar-refractivity contribution is 0.0983. The van der Waals surface area contributed by atoms with Crippen molar-refractivity contribution in [2.45, 2.75) is 13.8 Å². The van der Waals surface area contributed by atoms with E-state index in [2.05, 4.69) is 34.7 Å². The summed E-state index contributed by atoms with van der Waals surface area (Å²) in [6.07, 6.45) is 0. The lowest BCUT2D eigenvalue weighted by Crippen LogP contribution is -2.38. The Labute approximate surface area is 190 Å². The topological polar surface area (TPSA) is 45.7 Å². The molecule has 29 heavy (non-hydrogen) atoms. The largest absolute Gasteiger partial charge is 0.497 e. The predicted octanol–water partition coefficient (Wildman–Crippen LogP) is 5.48. The highest BCUT2D eigenvalue weighted by Gasteiger charge is 2.22. The van der Waals surface area contributed by atoms with E-state index in [1.54, 1.807) is 12.0 Å². The zero-order valence-corrected chi connectivity index (χ0v) is 19.9. The molecule has 0 aliphatic rings. The molecule has 0 spiro atoms. The summed E-state index contributed by atoms with van der Waals surface area (Å²) in [4.78, 5) is 22.1. The van der Waals surface area contributed by atoms with Crippen LogP contribution in [0.15, 0.2) is 46.9 Å². The Morgan fingerprint density at radius 3 is 2.55 bits per heavy atom. The molecule has 0 N–H and O–H groups in total. The predicted molar refractivity (Wildman–Crippen MR) is 127 cm³/mol. The summed E-state index contributed by atoms with van der Waals surface area (Å²) < 4.78 is 7.22. The smallest absolute Gasteiger partial charge is 0.260 e. The van der Waals surface area contributed by atoms with Crippen molar-refractivity contribution in [3.8, 4) is 5.75 Å². The van der Waals surface area contributed by atoms with E-state index < -0.39 is 0 Å². The van der Waals surface area contributed by atoms with Crippen LogP contribution in [0, 0.1) is 0 Å². The van der Waals surface area contributed by atoms with E-state index in [4.69, 9.17) is 9.72 Å². The standard InChI is InChI=1S/C21H24BrN3O2S.ClH/c1-4-24(5-2)11-12-25(20(26)15-7-6-8-16(22)13-15)21-23-18-14-17(27-3)9-10-19(18)28-21;/h6-10,13-14H,4-5,11-12H2,1-3H3;1H. The summed E-state index contributed by atoms with van der Waals surface area (Å²) in [6.45, 7) is 7.55. The van der Waals surface area contributed by atoms with E-state index in [0.717, 1.165) is 40.1 Å². The number of aromatic nitrogens is 1. The van der Waals surface area contributed by atoms with Gasteiger partial charge in [0.25, 0.3) is 5.91 Å². The molecule has 3 aromatic rings. The molecule has 0 unspecified atom stereocenters. The molecule has 0 fully saturated rings. The Balaban J connectivity index is 0.00000300. The van der Waals surface area contributed by atoms with Crippen molar-refractivity contribution in [2.75, 3.05) is 38.2 Å². The molecule has 2 aromatic carbocycles. The van der Waals surface area contributed by atoms with Gasteiger partial charge in [0, 0.05) is 29.2 Å². The molecule has 1 aromatic heterocycles. The number of likely N-dealkylation sites (N-methyl/N-ethyl adjacent to an activating group) is 1. The Morgan fingerprint density at radius 2 is 1.90 bits per heavy atom. The number of fused-ring (bicyclic) bond motifs is 1. The third kappa shape index (κ3) is 5.69. The summed E-state index contributed by atoms with van der Waals surface area (Å²) in [7, 11) is 1.64. The van der Waals surface area contributed by atoms with E-state index >= 15 is 0 Å². The molecule has 3 rings (SSSR count). The third-order valence-electron chi connectivity index (χ3n) is 4.67. The van der Waals surface area contributed by atoms with Gasteiger partial charge in [-0.15, -0.1) is 12.4 Å². The SMILES string of the molecule is CCN(CC)CCN(C(=O)c1cccc(Br)c1)c1nc2cc(OC)ccc2s1.Cl. The molecule has 0 bridgehead atoms. The highest BCUT2D eigenvalue weighted by molar-refractivity contribution is 9.10. The van der Waals surface area contributed by atoms with Gasteiger partial charge in [0.2, 0.25) is 0 Å². The normalized spacial score (nSPS) is 10.8. The van der Waals surface area contributed by atoms with Crippen LogP contribution in [0.5, 0.6) is 5.75 Å². The fourth-order valence-electron chi connectivity index (χ4n) is 2.98. The Hall–Kier alpha value is -1.67. The first kappa shape index (κ1) is 23.6. The number of benzene rings is 2. The molecule has 156 valence electrons. The van der Waals surface area contributed by atoms with E-state index in [-0.39, 0.29) is 18.3 Å². The number of thiazole rings is 1. The number of carbonyl (C=O) groups is 1. The number of methoxy groups -OCH3 is 1. The molecule has 0 atom stereocenters. The minimum atomic E-state index is -0.0422. The number of hydrogen-bond acceptors (Lipinski definition) is 5. The van der Waals surface area contributed by atoms with Crippen molar-refractivity contribution in [1.82, 2.24) is 9.88 Å². The lowest BCUT2D eigenvalue weighted by atomic mass is 10.2. The van der Waals surface area contributed by atoms with Gasteiger partial charge in [-0.05, 0) is 43.4 Å². The van der Waals surface area contributed by atoms with Gasteiger partial charge in [-0.3, -0.25) is 9.69 Å². The number of amides is 1. The molecule has 0 aliphatic heterocycles. The molecule has 1 amide bonds. The highest BCUT2D eigenvalue weighted by Crippen LogP contribution is 2.32. The lowest BCUT2D eigenvalue weighted by Gasteiger charge is -2.24. The summed E-state index contributed by atoms with van der Waals surface area (Å²) in [5.41, 5.74) is 1.49. The van der Waals surface area contributed by atoms with Gasteiger partial charge in [0.15, 0.2) is 5.13 Å². The summed E-state index contributed by atoms with van der Waals surface area (Å²) in [5.74, 6) is 0.719. The van der Waals surface area contributed by atoms with Crippen LogP contribution in [-0.4, -0.2) is 49.1 Å². The van der Waals surface area contributed by atoms with Crippen molar-refractivity contribution in [1.29, 1.82) is 0 Å². The van der Waals surface area contributed by atoms with Crippen LogP contribution in [0.3, 0.4) is 0 Å². The molecule has 0 saturated carbocycles. The average molecular weight is 499 g/mol. The highest BCUT2D eigenvalue weighted by atomic mass is 79.9. The van der Waals surface area contributed by atoms with Crippen molar-refractivity contribution < 1.29 is 9.53 Å². The second-order valence-corrected chi connectivity index (χ2v) is 8.25. The first-order valence-electron chi connectivity index (χ1n) is 9.30. The number of carbonyl (C=O) groups excluding carboxylic acids is 1. The summed E-state index contributed by atoms with van der Waals surface area (Å²) in [6, 6.07) is 13.3. The van der Waals surface area contributed by atoms with Crippen molar-refractivity contribution >= 4 is 60.9 Å². The third-order valence-corrected chi connectivity index (χ3v) is 6.22. The Morgan fingerprint density at radius 1 is 1.14 bits per heavy atom. The van der Waals surface area contributed by atoms with Gasteiger partial charge >= 0.3 is 0 Å². The van der Waals surface area contributed by atoms with Crippen LogP contribution in [-0.2, 0) is 0 Å². The number of ether oxygens (including phenoxy) is 1. The second kappa shape index (κ2) is 10.9. The van der Waals surface area contributed by atoms with Gasteiger partial charge in [-0.2, -0.15) is 0 Å². The van der Waals surface area contributed by atoms with Crippen LogP contribution in [0.2, 0.25) is 0 Å². The van der Waals surface area contributed by atoms with Gasteiger partial charge in [0.1, 0.15) is 5.75 Å². The monoisotopic (exact) mass is 497 g/mol. The quantitative estimate of drug-likeness (QED) is 0.413. The molecular formula is C21H25BrClN3O2S. The van der Waals surface area contributed by atoms with Crippen molar-refractivity contribution in [2.24, 2.45) is 0 Å². The Bertz CT molecular complexity index is 962. The van der Waals surface area contributed by atoms with E-state index in [0.29, 0.717) is 17.2 Å². The number of halogens is 2. The molecule has 1 heterocycles. The number of rotatable bonds is 8. The second-order valence-electron chi connectivity index (χ2n) is 6.32. The fraction of sp³-hybridized carbons (Fsp3) is 0.333. The maximum atomic E-state index is 13.3. The van der Waals surface area contributed by atoms with Gasteiger partial charge in [-0.25, -0.2) is 4.98 Å². The maximum Gasteiger partial charge on any atom is 0.260 e. The summed E-state index contributed by atoms with van der Waals surface area (Å²) in [5, 5.41) is 0.709. The zero-order chi connectivity index (χ0) is 20.1. The maximum absolute atomic E-state index is 13.3. The molecule has 5 nitrogen and oxygen atoms in total. The first-order chi connectivity index (χ1) is 13.5. The average Bonchev–Trinajstić information content (AvgIpc) is 3.13. The molecule has 0 saturated heterocycles. The van der Waals surface area contributed by atoms with Crippen molar-refractivity contribution in [3.05, 3.63) is 52.5 Å². The van der Waals surface area contributed by atoms with Gasteiger partial charge in [0.05, 0.1) is 17.3 Å². The Kier molecular flexibility index (Phi) is 8.89. The van der Waals surface area contributed by atoms with Crippen LogP contribution < -0.4 is 9.64 Å². The molecular weight excluding hydrogens is 474 g/mol. The van der Waals surface area contributed by atoms with Crippen LogP contribution in [0.1, 0.15) is 24.2 Å². The number of anilines is 1. The zero-order valence-electron chi connectivity index (χ0n) is 16.7. The fourth-order valence-corrected chi connectivity index (χ4v) is 4.35. The van der Waals surface area contributed by atoms with Gasteiger partial charge < -0.3 is 9.64 Å². The minimum absolute atomic E-state index is 0. The van der Waals surface area contributed by atoms with Crippen molar-refractivity contribution in [3.63, 3.8) is 0 Å². The van der Waals surface area contributed by atoms with E-state index in [9.17, 15) is 4.79 Å². The summed E-state index contributed by atoms with van der Waals surface area (Å²) >= 11 is 4.99. The van der Waals surface area contributed by atoms with Crippen LogP contribution >= 0.6 is 39.7 Å². The molecule has 0 aliphatic carbocycles. The van der Waals surface area contributed by atoms with Crippen LogP contribution in [0.25, 0.3) is 10.2 Å². The number of nitrogens with zero attached hydrogens (tertiary/aromatic N) is 3. The van der Waals surface area contributed by atoms with E-state index in [1.807, 2.05) is 42.5 Å². The van der Waals surface area contributed by atoms with Crippen LogP contribution in [0.4, 0.5) is 5.13 Å². The first-order valence-corrected chi connectivity index (χ1v) is 10.9. The molecule has 0 radical (unpaired) electrons. The minimum Gasteiger partial charge on any atom is -0.497 e. The molecule has 8 heteroatoms. The van der Waals surface area contributed by atoms with Gasteiger partial charge in [-0.1, -0.05) is 47.2 Å².